The molecule has 22 heavy (non-hydrogen) atoms. The summed E-state index contributed by atoms with van der Waals surface area (Å²) in [6, 6.07) is 0. The van der Waals surface area contributed by atoms with Crippen LogP contribution in [-0.4, -0.2) is 91.3 Å². The third-order valence-corrected chi connectivity index (χ3v) is 3.30. The highest BCUT2D eigenvalue weighted by Crippen LogP contribution is 2.37. The zero-order valence-electron chi connectivity index (χ0n) is 11.0. The molecule has 0 radical (unpaired) electrons. The maximum Gasteiger partial charge on any atom is 0.469 e. The fourth-order valence-corrected chi connectivity index (χ4v) is 2.02. The van der Waals surface area contributed by atoms with Crippen LogP contribution in [0.25, 0.3) is 0 Å². The first-order valence-electron chi connectivity index (χ1n) is 5.95. The Balaban J connectivity index is 2.77. The minimum Gasteiger partial charge on any atom is -0.479 e. The highest BCUT2D eigenvalue weighted by molar-refractivity contribution is 7.46. The standard InChI is InChI=1S/C9H17O12P/c10-1-3(8(14)15)20-9-7(13)6(12)5(11)4(21-9)2-19-22(16,17)18/h3-7,9-13H,1-2H2,(H,14,15)(H2,16,17,18)/t3-,4-,5-,6+,7+,9+/m1/s1. The Bertz CT molecular complexity index is 423. The van der Waals surface area contributed by atoms with Crippen molar-refractivity contribution in [1.82, 2.24) is 0 Å². The summed E-state index contributed by atoms with van der Waals surface area (Å²) < 4.78 is 24.4. The lowest BCUT2D eigenvalue weighted by Crippen LogP contribution is -2.60. The van der Waals surface area contributed by atoms with E-state index in [4.69, 9.17) is 29.5 Å². The lowest BCUT2D eigenvalue weighted by atomic mass is 9.99. The summed E-state index contributed by atoms with van der Waals surface area (Å²) in [5.41, 5.74) is 0. The van der Waals surface area contributed by atoms with E-state index < -0.39 is 63.8 Å². The van der Waals surface area contributed by atoms with Gasteiger partial charge in [-0.3, -0.25) is 4.52 Å². The van der Waals surface area contributed by atoms with E-state index in [9.17, 15) is 24.7 Å². The van der Waals surface area contributed by atoms with Gasteiger partial charge < -0.3 is 44.8 Å². The number of phosphoric acid groups is 1. The first-order valence-corrected chi connectivity index (χ1v) is 7.48. The van der Waals surface area contributed by atoms with E-state index in [1.54, 1.807) is 0 Å². The molecule has 130 valence electrons. The van der Waals surface area contributed by atoms with Crippen LogP contribution in [0.3, 0.4) is 0 Å². The van der Waals surface area contributed by atoms with Gasteiger partial charge in [-0.15, -0.1) is 0 Å². The van der Waals surface area contributed by atoms with Gasteiger partial charge in [-0.25, -0.2) is 9.36 Å². The molecule has 1 rings (SSSR count). The van der Waals surface area contributed by atoms with Gasteiger partial charge >= 0.3 is 13.8 Å². The van der Waals surface area contributed by atoms with Gasteiger partial charge in [-0.1, -0.05) is 0 Å². The van der Waals surface area contributed by atoms with Gasteiger partial charge in [-0.05, 0) is 0 Å². The third-order valence-electron chi connectivity index (χ3n) is 2.82. The van der Waals surface area contributed by atoms with Gasteiger partial charge in [0.25, 0.3) is 0 Å². The summed E-state index contributed by atoms with van der Waals surface area (Å²) in [6.07, 6.45) is -10.5. The number of carbonyl (C=O) groups is 1. The number of aliphatic carboxylic acids is 1. The number of aliphatic hydroxyl groups is 4. The molecule has 0 aromatic carbocycles. The summed E-state index contributed by atoms with van der Waals surface area (Å²) in [7, 11) is -4.87. The third kappa shape index (κ3) is 5.21. The number of rotatable bonds is 7. The van der Waals surface area contributed by atoms with Crippen LogP contribution >= 0.6 is 7.82 Å². The highest BCUT2D eigenvalue weighted by Gasteiger charge is 2.46. The molecule has 1 fully saturated rings. The largest absolute Gasteiger partial charge is 0.479 e. The summed E-state index contributed by atoms with van der Waals surface area (Å²) in [6.45, 7) is -1.81. The number of carboxylic acids is 1. The van der Waals surface area contributed by atoms with Crippen molar-refractivity contribution < 1.29 is 58.7 Å². The van der Waals surface area contributed by atoms with E-state index in [0.717, 1.165) is 0 Å². The van der Waals surface area contributed by atoms with E-state index in [2.05, 4.69) is 4.52 Å². The van der Waals surface area contributed by atoms with E-state index in [1.807, 2.05) is 0 Å². The molecule has 0 saturated carbocycles. The van der Waals surface area contributed by atoms with Crippen molar-refractivity contribution in [2.45, 2.75) is 36.8 Å². The molecule has 7 N–H and O–H groups in total. The predicted molar refractivity (Wildman–Crippen MR) is 64.3 cm³/mol. The Labute approximate surface area is 123 Å². The molecule has 0 aromatic rings. The first kappa shape index (κ1) is 19.4. The number of phosphoric ester groups is 1. The van der Waals surface area contributed by atoms with Crippen LogP contribution < -0.4 is 0 Å². The number of ether oxygens (including phenoxy) is 2. The number of aliphatic hydroxyl groups excluding tert-OH is 4. The first-order chi connectivity index (χ1) is 10.1. The van der Waals surface area contributed by atoms with E-state index >= 15 is 0 Å². The van der Waals surface area contributed by atoms with E-state index in [0.29, 0.717) is 0 Å². The highest BCUT2D eigenvalue weighted by atomic mass is 31.2. The lowest BCUT2D eigenvalue weighted by Gasteiger charge is -2.40. The minimum atomic E-state index is -4.87. The van der Waals surface area contributed by atoms with Crippen LogP contribution in [0.5, 0.6) is 0 Å². The predicted octanol–water partition coefficient (Wildman–Crippen LogP) is -3.63. The molecule has 13 heteroatoms. The van der Waals surface area contributed by atoms with Crippen molar-refractivity contribution in [3.63, 3.8) is 0 Å². The van der Waals surface area contributed by atoms with Crippen molar-refractivity contribution in [2.75, 3.05) is 13.2 Å². The molecule has 1 saturated heterocycles. The maximum atomic E-state index is 10.7. The van der Waals surface area contributed by atoms with Gasteiger partial charge in [0.1, 0.15) is 24.4 Å². The lowest BCUT2D eigenvalue weighted by molar-refractivity contribution is -0.310. The molecule has 0 amide bonds. The van der Waals surface area contributed by atoms with Crippen molar-refractivity contribution in [3.05, 3.63) is 0 Å². The quantitative estimate of drug-likeness (QED) is 0.223. The van der Waals surface area contributed by atoms with Crippen molar-refractivity contribution in [1.29, 1.82) is 0 Å². The molecule has 0 bridgehead atoms. The summed E-state index contributed by atoms with van der Waals surface area (Å²) in [4.78, 5) is 27.9. The van der Waals surface area contributed by atoms with E-state index in [-0.39, 0.29) is 0 Å². The number of hydrogen-bond acceptors (Lipinski definition) is 9. The Morgan fingerprint density at radius 2 is 1.77 bits per heavy atom. The second-order valence-electron chi connectivity index (χ2n) is 4.45. The molecule has 0 spiro atoms. The molecule has 0 unspecified atom stereocenters. The van der Waals surface area contributed by atoms with E-state index in [1.165, 1.54) is 0 Å². The van der Waals surface area contributed by atoms with Gasteiger partial charge in [0, 0.05) is 0 Å². The fraction of sp³-hybridized carbons (Fsp3) is 0.889. The van der Waals surface area contributed by atoms with Crippen molar-refractivity contribution >= 4 is 13.8 Å². The molecule has 1 heterocycles. The average Bonchev–Trinajstić information content (AvgIpc) is 2.41. The van der Waals surface area contributed by atoms with Gasteiger partial charge in [0.2, 0.25) is 0 Å². The molecule has 12 nitrogen and oxygen atoms in total. The van der Waals surface area contributed by atoms with Crippen molar-refractivity contribution in [2.24, 2.45) is 0 Å². The summed E-state index contributed by atoms with van der Waals surface area (Å²) in [5.74, 6) is -1.57. The maximum absolute atomic E-state index is 10.7. The molecule has 0 aromatic heterocycles. The second-order valence-corrected chi connectivity index (χ2v) is 5.69. The number of carboxylic acid groups (broad SMARTS) is 1. The molecular formula is C9H17O12P. The van der Waals surface area contributed by atoms with Crippen molar-refractivity contribution in [3.8, 4) is 0 Å². The second kappa shape index (κ2) is 7.75. The van der Waals surface area contributed by atoms with Crippen LogP contribution in [0.1, 0.15) is 0 Å². The zero-order chi connectivity index (χ0) is 17.1. The topological polar surface area (TPSA) is 203 Å². The van der Waals surface area contributed by atoms with Crippen LogP contribution in [-0.2, 0) is 23.4 Å². The number of hydrogen-bond donors (Lipinski definition) is 7. The van der Waals surface area contributed by atoms with Gasteiger partial charge in [0.05, 0.1) is 13.2 Å². The fourth-order valence-electron chi connectivity index (χ4n) is 1.68. The normalized spacial score (nSPS) is 34.4. The van der Waals surface area contributed by atoms with Crippen LogP contribution in [0, 0.1) is 0 Å². The Morgan fingerprint density at radius 3 is 2.23 bits per heavy atom. The molecule has 1 aliphatic heterocycles. The molecule has 6 atom stereocenters. The Hall–Kier alpha value is -0.660. The zero-order valence-corrected chi connectivity index (χ0v) is 11.9. The molecule has 0 aliphatic carbocycles. The summed E-state index contributed by atoms with van der Waals surface area (Å²) in [5, 5.41) is 46.5. The van der Waals surface area contributed by atoms with Crippen LogP contribution in [0.2, 0.25) is 0 Å². The average molecular weight is 348 g/mol. The Morgan fingerprint density at radius 1 is 1.18 bits per heavy atom. The molecular weight excluding hydrogens is 331 g/mol. The smallest absolute Gasteiger partial charge is 0.469 e. The van der Waals surface area contributed by atoms with Gasteiger partial charge in [-0.2, -0.15) is 0 Å². The van der Waals surface area contributed by atoms with Gasteiger partial charge in [0.15, 0.2) is 12.4 Å². The van der Waals surface area contributed by atoms with Crippen LogP contribution in [0.15, 0.2) is 0 Å². The minimum absolute atomic E-state index is 0.855. The monoisotopic (exact) mass is 348 g/mol. The summed E-state index contributed by atoms with van der Waals surface area (Å²) >= 11 is 0. The van der Waals surface area contributed by atoms with Crippen LogP contribution in [0.4, 0.5) is 0 Å². The SMILES string of the molecule is O=C(O)[C@@H](CO)O[C@H]1O[C@H](COP(=O)(O)O)[C@@H](O)[C@H](O)[C@@H]1O. The molecule has 1 aliphatic rings. The Kier molecular flexibility index (Phi) is 6.83.